The van der Waals surface area contributed by atoms with Crippen LogP contribution in [0.5, 0.6) is 11.5 Å². The molecule has 3 aromatic rings. The predicted octanol–water partition coefficient (Wildman–Crippen LogP) is 5.06. The number of hydrogen-bond acceptors (Lipinski definition) is 6. The topological polar surface area (TPSA) is 66.4 Å². The Morgan fingerprint density at radius 2 is 1.06 bits per heavy atom. The van der Waals surface area contributed by atoms with Crippen LogP contribution in [0.2, 0.25) is 0 Å². The van der Waals surface area contributed by atoms with Crippen LogP contribution in [0.15, 0.2) is 78.9 Å². The summed E-state index contributed by atoms with van der Waals surface area (Å²) in [5, 5.41) is 10.5. The first-order valence-electron chi connectivity index (χ1n) is 12.3. The first-order chi connectivity index (χ1) is 17.6. The van der Waals surface area contributed by atoms with Crippen molar-refractivity contribution >= 4 is 0 Å². The van der Waals surface area contributed by atoms with Crippen LogP contribution in [-0.4, -0.2) is 59.0 Å². The predicted molar refractivity (Wildman–Crippen MR) is 141 cm³/mol. The molecule has 36 heavy (non-hydrogen) atoms. The molecule has 6 nitrogen and oxygen atoms in total. The monoisotopic (exact) mass is 494 g/mol. The highest BCUT2D eigenvalue weighted by atomic mass is 16.5. The maximum atomic E-state index is 10.5. The SMILES string of the molecule is CCOCC(CO)(COCC)COC(c1ccccc1)(c1ccc(OC)cc1)c1ccc(OC)cc1. The summed E-state index contributed by atoms with van der Waals surface area (Å²) in [5.74, 6) is 1.51. The number of methoxy groups -OCH3 is 2. The number of hydrogen-bond donors (Lipinski definition) is 1. The van der Waals surface area contributed by atoms with E-state index in [4.69, 9.17) is 23.7 Å². The van der Waals surface area contributed by atoms with E-state index in [0.29, 0.717) is 26.4 Å². The molecule has 0 fully saturated rings. The third-order valence-electron chi connectivity index (χ3n) is 6.33. The third kappa shape index (κ3) is 6.26. The second kappa shape index (κ2) is 13.4. The smallest absolute Gasteiger partial charge is 0.143 e. The van der Waals surface area contributed by atoms with Crippen molar-refractivity contribution in [2.75, 3.05) is 53.9 Å². The van der Waals surface area contributed by atoms with Crippen molar-refractivity contribution in [3.63, 3.8) is 0 Å². The molecule has 194 valence electrons. The summed E-state index contributed by atoms with van der Waals surface area (Å²) >= 11 is 0. The zero-order valence-electron chi connectivity index (χ0n) is 21.7. The van der Waals surface area contributed by atoms with Gasteiger partial charge in [0.25, 0.3) is 0 Å². The van der Waals surface area contributed by atoms with Gasteiger partial charge < -0.3 is 28.8 Å². The molecule has 0 spiro atoms. The summed E-state index contributed by atoms with van der Waals surface area (Å²) in [4.78, 5) is 0. The van der Waals surface area contributed by atoms with E-state index in [0.717, 1.165) is 28.2 Å². The Morgan fingerprint density at radius 3 is 1.44 bits per heavy atom. The molecule has 3 rings (SSSR count). The van der Waals surface area contributed by atoms with Crippen LogP contribution in [0.3, 0.4) is 0 Å². The van der Waals surface area contributed by atoms with Gasteiger partial charge in [-0.05, 0) is 54.8 Å². The minimum Gasteiger partial charge on any atom is -0.497 e. The summed E-state index contributed by atoms with van der Waals surface area (Å²) < 4.78 is 29.4. The maximum Gasteiger partial charge on any atom is 0.143 e. The molecule has 0 atom stereocenters. The van der Waals surface area contributed by atoms with Crippen molar-refractivity contribution in [1.29, 1.82) is 0 Å². The Hall–Kier alpha value is -2.90. The molecule has 1 N–H and O–H groups in total. The fourth-order valence-corrected chi connectivity index (χ4v) is 4.23. The third-order valence-corrected chi connectivity index (χ3v) is 6.33. The lowest BCUT2D eigenvalue weighted by Gasteiger charge is -2.40. The molecule has 6 heteroatoms. The van der Waals surface area contributed by atoms with Crippen LogP contribution < -0.4 is 9.47 Å². The van der Waals surface area contributed by atoms with Crippen LogP contribution in [0.1, 0.15) is 30.5 Å². The zero-order chi connectivity index (χ0) is 25.9. The lowest BCUT2D eigenvalue weighted by atomic mass is 9.79. The molecule has 0 radical (unpaired) electrons. The Labute approximate surface area is 214 Å². The first-order valence-corrected chi connectivity index (χ1v) is 12.3. The van der Waals surface area contributed by atoms with Crippen molar-refractivity contribution in [3.8, 4) is 11.5 Å². The molecule has 0 bridgehead atoms. The molecule has 3 aromatic carbocycles. The standard InChI is InChI=1S/C30H38O6/c1-5-34-21-29(20-31,22-35-6-2)23-36-30(24-10-8-7-9-11-24,25-12-16-27(32-3)17-13-25)26-14-18-28(33-4)19-15-26/h7-19,31H,5-6,20-23H2,1-4H3. The van der Waals surface area contributed by atoms with E-state index in [9.17, 15) is 5.11 Å². The number of aliphatic hydroxyl groups excluding tert-OH is 1. The van der Waals surface area contributed by atoms with Crippen molar-refractivity contribution in [2.24, 2.45) is 5.41 Å². The van der Waals surface area contributed by atoms with E-state index in [1.165, 1.54) is 0 Å². The maximum absolute atomic E-state index is 10.5. The van der Waals surface area contributed by atoms with Crippen molar-refractivity contribution < 1.29 is 28.8 Å². The first kappa shape index (κ1) is 27.7. The van der Waals surface area contributed by atoms with Crippen molar-refractivity contribution in [1.82, 2.24) is 0 Å². The van der Waals surface area contributed by atoms with Crippen LogP contribution in [-0.2, 0) is 19.8 Å². The lowest BCUT2D eigenvalue weighted by molar-refractivity contribution is -0.118. The largest absolute Gasteiger partial charge is 0.497 e. The normalized spacial score (nSPS) is 11.9. The number of benzene rings is 3. The Balaban J connectivity index is 2.18. The van der Waals surface area contributed by atoms with E-state index in [2.05, 4.69) is 12.1 Å². The molecule has 0 amide bonds. The highest BCUT2D eigenvalue weighted by molar-refractivity contribution is 5.49. The van der Waals surface area contributed by atoms with Crippen LogP contribution in [0.4, 0.5) is 0 Å². The fourth-order valence-electron chi connectivity index (χ4n) is 4.23. The fraction of sp³-hybridized carbons (Fsp3) is 0.400. The minimum absolute atomic E-state index is 0.136. The summed E-state index contributed by atoms with van der Waals surface area (Å²) in [6.07, 6.45) is 0. The lowest BCUT2D eigenvalue weighted by Crippen LogP contribution is -2.45. The summed E-state index contributed by atoms with van der Waals surface area (Å²) in [6, 6.07) is 25.9. The van der Waals surface area contributed by atoms with Crippen LogP contribution >= 0.6 is 0 Å². The summed E-state index contributed by atoms with van der Waals surface area (Å²) in [6.45, 7) is 5.65. The van der Waals surface area contributed by atoms with Crippen LogP contribution in [0, 0.1) is 5.41 Å². The zero-order valence-corrected chi connectivity index (χ0v) is 21.7. The average Bonchev–Trinajstić information content (AvgIpc) is 2.95. The van der Waals surface area contributed by atoms with Gasteiger partial charge in [-0.15, -0.1) is 0 Å². The minimum atomic E-state index is -0.974. The van der Waals surface area contributed by atoms with E-state index in [1.54, 1.807) is 14.2 Å². The van der Waals surface area contributed by atoms with Gasteiger partial charge >= 0.3 is 0 Å². The molecular formula is C30H38O6. The van der Waals surface area contributed by atoms with Gasteiger partial charge in [-0.3, -0.25) is 0 Å². The molecular weight excluding hydrogens is 456 g/mol. The number of ether oxygens (including phenoxy) is 5. The molecule has 0 saturated heterocycles. The summed E-state index contributed by atoms with van der Waals surface area (Å²) in [5.41, 5.74) is 1.11. The van der Waals surface area contributed by atoms with Gasteiger partial charge in [-0.25, -0.2) is 0 Å². The van der Waals surface area contributed by atoms with Gasteiger partial charge in [-0.1, -0.05) is 54.6 Å². The van der Waals surface area contributed by atoms with Gasteiger partial charge in [0.05, 0.1) is 46.1 Å². The summed E-state index contributed by atoms with van der Waals surface area (Å²) in [7, 11) is 3.30. The second-order valence-corrected chi connectivity index (χ2v) is 8.73. The van der Waals surface area contributed by atoms with E-state index in [1.807, 2.05) is 80.6 Å². The Morgan fingerprint density at radius 1 is 0.611 bits per heavy atom. The van der Waals surface area contributed by atoms with Gasteiger partial charge in [0.2, 0.25) is 0 Å². The van der Waals surface area contributed by atoms with Crippen molar-refractivity contribution in [3.05, 3.63) is 95.6 Å². The molecule has 0 aliphatic rings. The molecule has 0 unspecified atom stereocenters. The van der Waals surface area contributed by atoms with Gasteiger partial charge in [-0.2, -0.15) is 0 Å². The number of rotatable bonds is 15. The molecule has 0 aliphatic carbocycles. The van der Waals surface area contributed by atoms with E-state index < -0.39 is 11.0 Å². The number of aliphatic hydroxyl groups is 1. The second-order valence-electron chi connectivity index (χ2n) is 8.73. The van der Waals surface area contributed by atoms with Gasteiger partial charge in [0, 0.05) is 13.2 Å². The van der Waals surface area contributed by atoms with Crippen LogP contribution in [0.25, 0.3) is 0 Å². The highest BCUT2D eigenvalue weighted by Gasteiger charge is 2.41. The van der Waals surface area contributed by atoms with Gasteiger partial charge in [0.1, 0.15) is 17.1 Å². The molecule has 0 heterocycles. The molecule has 0 aliphatic heterocycles. The van der Waals surface area contributed by atoms with E-state index >= 15 is 0 Å². The highest BCUT2D eigenvalue weighted by Crippen LogP contribution is 2.42. The van der Waals surface area contributed by atoms with Crippen molar-refractivity contribution in [2.45, 2.75) is 19.4 Å². The Kier molecular flexibility index (Phi) is 10.3. The average molecular weight is 495 g/mol. The molecule has 0 aromatic heterocycles. The van der Waals surface area contributed by atoms with E-state index in [-0.39, 0.29) is 13.2 Å². The Bertz CT molecular complexity index is 962. The quantitative estimate of drug-likeness (QED) is 0.298. The molecule has 0 saturated carbocycles. The van der Waals surface area contributed by atoms with Gasteiger partial charge in [0.15, 0.2) is 0 Å².